The average molecular weight is 274 g/mol. The van der Waals surface area contributed by atoms with Crippen molar-refractivity contribution in [1.82, 2.24) is 5.32 Å². The molecule has 0 aromatic rings. The summed E-state index contributed by atoms with van der Waals surface area (Å²) in [5, 5.41) is 16.9. The fraction of sp³-hybridized carbons (Fsp3) is 0.818. The first-order chi connectivity index (χ1) is 8.53. The van der Waals surface area contributed by atoms with Crippen LogP contribution in [-0.4, -0.2) is 34.9 Å². The van der Waals surface area contributed by atoms with E-state index in [0.29, 0.717) is 12.3 Å². The van der Waals surface area contributed by atoms with Gasteiger partial charge in [0, 0.05) is 15.8 Å². The molecule has 1 unspecified atom stereocenters. The van der Waals surface area contributed by atoms with Gasteiger partial charge in [-0.25, -0.2) is 0 Å². The third kappa shape index (κ3) is 3.99. The van der Waals surface area contributed by atoms with E-state index in [0.717, 1.165) is 19.3 Å². The molecular formula is C11H20N3O3S+. The first-order valence-corrected chi connectivity index (χ1v) is 6.75. The lowest BCUT2D eigenvalue weighted by Gasteiger charge is -2.27. The number of rotatable bonds is 3. The van der Waals surface area contributed by atoms with E-state index in [-0.39, 0.29) is 22.9 Å². The summed E-state index contributed by atoms with van der Waals surface area (Å²) in [4.78, 5) is 8.64. The maximum atomic E-state index is 10.8. The first kappa shape index (κ1) is 15.0. The van der Waals surface area contributed by atoms with Gasteiger partial charge >= 0.3 is 16.8 Å². The Labute approximate surface area is 111 Å². The van der Waals surface area contributed by atoms with Gasteiger partial charge in [0.05, 0.1) is 11.6 Å². The number of oxime groups is 1. The van der Waals surface area contributed by atoms with Crippen LogP contribution in [0.5, 0.6) is 0 Å². The molecule has 0 aliphatic heterocycles. The third-order valence-corrected chi connectivity index (χ3v) is 3.39. The van der Waals surface area contributed by atoms with Gasteiger partial charge in [0.15, 0.2) is 0 Å². The van der Waals surface area contributed by atoms with E-state index in [2.05, 4.69) is 20.3 Å². The van der Waals surface area contributed by atoms with Crippen molar-refractivity contribution in [2.45, 2.75) is 51.2 Å². The molecule has 6 nitrogen and oxygen atoms in total. The molecule has 18 heavy (non-hydrogen) atoms. The van der Waals surface area contributed by atoms with Gasteiger partial charge in [0.2, 0.25) is 0 Å². The van der Waals surface area contributed by atoms with Crippen molar-refractivity contribution in [1.29, 1.82) is 0 Å². The standard InChI is InChI=1S/C11H20N3O3S/c1-4-9(13-10(18-16)14-17-3)12-8-6-5-7-11(8,2)15/h8,15H,4-7H2,1-3H3,(H,12,13,14)/q+1/t8?,11-/m1/s1. The summed E-state index contributed by atoms with van der Waals surface area (Å²) >= 11 is 0.181. The lowest BCUT2D eigenvalue weighted by molar-refractivity contribution is 0.0454. The predicted octanol–water partition coefficient (Wildman–Crippen LogP) is 1.03. The molecule has 0 spiro atoms. The number of hydrogen-bond acceptors (Lipinski definition) is 4. The van der Waals surface area contributed by atoms with Gasteiger partial charge in [0.1, 0.15) is 12.9 Å². The Morgan fingerprint density at radius 1 is 1.67 bits per heavy atom. The van der Waals surface area contributed by atoms with Crippen LogP contribution in [0.3, 0.4) is 0 Å². The third-order valence-electron chi connectivity index (χ3n) is 3.08. The Kier molecular flexibility index (Phi) is 5.61. The van der Waals surface area contributed by atoms with Crippen molar-refractivity contribution >= 4 is 22.7 Å². The average Bonchev–Trinajstić information content (AvgIpc) is 2.66. The van der Waals surface area contributed by atoms with E-state index in [1.54, 1.807) is 0 Å². The van der Waals surface area contributed by atoms with Gasteiger partial charge in [0.25, 0.3) is 0 Å². The van der Waals surface area contributed by atoms with Crippen molar-refractivity contribution in [3.8, 4) is 0 Å². The number of nitrogens with one attached hydrogen (secondary N) is 1. The highest BCUT2D eigenvalue weighted by Gasteiger charge is 2.37. The molecule has 0 radical (unpaired) electrons. The van der Waals surface area contributed by atoms with Gasteiger partial charge in [-0.3, -0.25) is 0 Å². The number of aliphatic imine (C=N–C) groups is 1. The molecule has 0 heterocycles. The number of nitrogens with zero attached hydrogens (tertiary/aromatic N) is 2. The molecular weight excluding hydrogens is 254 g/mol. The maximum Gasteiger partial charge on any atom is 0.553 e. The van der Waals surface area contributed by atoms with E-state index < -0.39 is 5.60 Å². The Morgan fingerprint density at radius 3 is 2.83 bits per heavy atom. The van der Waals surface area contributed by atoms with Gasteiger partial charge < -0.3 is 15.3 Å². The van der Waals surface area contributed by atoms with E-state index in [4.69, 9.17) is 0 Å². The molecule has 1 rings (SSSR count). The van der Waals surface area contributed by atoms with Crippen molar-refractivity contribution in [2.24, 2.45) is 10.1 Å². The van der Waals surface area contributed by atoms with Crippen LogP contribution in [0.25, 0.3) is 0 Å². The van der Waals surface area contributed by atoms with Gasteiger partial charge in [-0.2, -0.15) is 4.99 Å². The van der Waals surface area contributed by atoms with Crippen molar-refractivity contribution in [2.75, 3.05) is 7.11 Å². The van der Waals surface area contributed by atoms with Crippen molar-refractivity contribution in [3.63, 3.8) is 0 Å². The van der Waals surface area contributed by atoms with Crippen LogP contribution in [0.15, 0.2) is 10.1 Å². The SMILES string of the molecule is CC/C(=N\C(=N/OC)[S+]=O)NC1CCC[C@@]1(C)O. The van der Waals surface area contributed by atoms with E-state index in [1.165, 1.54) is 7.11 Å². The summed E-state index contributed by atoms with van der Waals surface area (Å²) < 4.78 is 10.8. The van der Waals surface area contributed by atoms with Crippen LogP contribution in [-0.2, 0) is 20.7 Å². The molecule has 0 amide bonds. The quantitative estimate of drug-likeness (QED) is 0.348. The van der Waals surface area contributed by atoms with Crippen LogP contribution in [0, 0.1) is 0 Å². The van der Waals surface area contributed by atoms with Gasteiger partial charge in [-0.15, -0.1) is 0 Å². The smallest absolute Gasteiger partial charge is 0.393 e. The lowest BCUT2D eigenvalue weighted by atomic mass is 10.0. The summed E-state index contributed by atoms with van der Waals surface area (Å²) in [6.07, 6.45) is 3.29. The number of hydrogen-bond donors (Lipinski definition) is 2. The van der Waals surface area contributed by atoms with Crippen LogP contribution in [0.4, 0.5) is 0 Å². The van der Waals surface area contributed by atoms with Crippen LogP contribution >= 0.6 is 0 Å². The molecule has 1 aliphatic carbocycles. The normalized spacial score (nSPS) is 29.2. The maximum absolute atomic E-state index is 10.8. The van der Waals surface area contributed by atoms with Crippen molar-refractivity contribution in [3.05, 3.63) is 0 Å². The molecule has 1 aliphatic rings. The highest BCUT2D eigenvalue weighted by Crippen LogP contribution is 2.29. The minimum Gasteiger partial charge on any atom is -0.393 e. The fourth-order valence-corrected chi connectivity index (χ4v) is 2.29. The highest BCUT2D eigenvalue weighted by molar-refractivity contribution is 7.83. The van der Waals surface area contributed by atoms with E-state index >= 15 is 0 Å². The number of amidine groups is 2. The fourth-order valence-electron chi connectivity index (χ4n) is 2.04. The molecule has 102 valence electrons. The van der Waals surface area contributed by atoms with Crippen LogP contribution < -0.4 is 5.32 Å². The second kappa shape index (κ2) is 6.75. The molecule has 2 N–H and O–H groups in total. The predicted molar refractivity (Wildman–Crippen MR) is 71.6 cm³/mol. The zero-order valence-electron chi connectivity index (χ0n) is 11.0. The molecule has 1 saturated carbocycles. The molecule has 1 fully saturated rings. The lowest BCUT2D eigenvalue weighted by Crippen LogP contribution is -2.47. The Balaban J connectivity index is 2.75. The Hall–Kier alpha value is -1.08. The van der Waals surface area contributed by atoms with Crippen LogP contribution in [0.1, 0.15) is 39.5 Å². The van der Waals surface area contributed by atoms with Gasteiger partial charge in [-0.1, -0.05) is 6.92 Å². The van der Waals surface area contributed by atoms with Gasteiger partial charge in [-0.05, 0) is 26.2 Å². The summed E-state index contributed by atoms with van der Waals surface area (Å²) in [5.74, 6) is 0.640. The second-order valence-electron chi connectivity index (χ2n) is 4.50. The minimum absolute atomic E-state index is 0.0273. The second-order valence-corrected chi connectivity index (χ2v) is 5.03. The molecule has 0 aromatic heterocycles. The largest absolute Gasteiger partial charge is 0.553 e. The summed E-state index contributed by atoms with van der Waals surface area (Å²) in [6.45, 7) is 3.74. The molecule has 0 bridgehead atoms. The zero-order chi connectivity index (χ0) is 13.6. The Morgan fingerprint density at radius 2 is 2.39 bits per heavy atom. The van der Waals surface area contributed by atoms with Crippen LogP contribution in [0.2, 0.25) is 0 Å². The Bertz CT molecular complexity index is 355. The number of aliphatic hydroxyl groups is 1. The van der Waals surface area contributed by atoms with E-state index in [9.17, 15) is 9.32 Å². The highest BCUT2D eigenvalue weighted by atomic mass is 32.1. The zero-order valence-corrected chi connectivity index (χ0v) is 11.8. The van der Waals surface area contributed by atoms with E-state index in [1.807, 2.05) is 13.8 Å². The first-order valence-electron chi connectivity index (χ1n) is 6.01. The topological polar surface area (TPSA) is 83.3 Å². The molecule has 7 heteroatoms. The summed E-state index contributed by atoms with van der Waals surface area (Å²) in [6, 6.07) is -0.0309. The monoisotopic (exact) mass is 274 g/mol. The molecule has 0 saturated heterocycles. The molecule has 0 aromatic carbocycles. The summed E-state index contributed by atoms with van der Waals surface area (Å²) in [5.41, 5.74) is -0.723. The van der Waals surface area contributed by atoms with Crippen molar-refractivity contribution < 1.29 is 14.2 Å². The minimum atomic E-state index is -0.723. The molecule has 2 atom stereocenters. The summed E-state index contributed by atoms with van der Waals surface area (Å²) in [7, 11) is 1.37.